The smallest absolute Gasteiger partial charge is 0.0999 e. The molecular formula is C19H20N2O. The van der Waals surface area contributed by atoms with Gasteiger partial charge in [0, 0.05) is 23.2 Å². The lowest BCUT2D eigenvalue weighted by molar-refractivity contribution is 0.131. The first-order valence-corrected chi connectivity index (χ1v) is 7.11. The van der Waals surface area contributed by atoms with Gasteiger partial charge in [-0.05, 0) is 38.5 Å². The average Bonchev–Trinajstić information content (AvgIpc) is 2.45. The Hall–Kier alpha value is -2.57. The third kappa shape index (κ3) is 3.55. The molecule has 0 unspecified atom stereocenters. The Morgan fingerprint density at radius 1 is 1.32 bits per heavy atom. The number of nitriles is 1. The second kappa shape index (κ2) is 6.05. The van der Waals surface area contributed by atoms with Gasteiger partial charge in [-0.25, -0.2) is 0 Å². The van der Waals surface area contributed by atoms with E-state index in [9.17, 15) is 10.4 Å². The molecule has 0 saturated carbocycles. The van der Waals surface area contributed by atoms with Gasteiger partial charge < -0.3 is 10.0 Å². The van der Waals surface area contributed by atoms with E-state index in [1.165, 1.54) is 0 Å². The standard InChI is InChI=1S/C19H20N2O/c1-14-10-17(12-20)18(16-8-6-5-7-9-16)13-21(14)15(2)11-19(3,4)22/h5-11,13,22H,1H2,2-4H3/b15-11-. The van der Waals surface area contributed by atoms with Gasteiger partial charge >= 0.3 is 0 Å². The van der Waals surface area contributed by atoms with E-state index in [-0.39, 0.29) is 0 Å². The first-order valence-electron chi connectivity index (χ1n) is 7.11. The molecule has 0 saturated heterocycles. The van der Waals surface area contributed by atoms with Crippen LogP contribution in [-0.2, 0) is 0 Å². The summed E-state index contributed by atoms with van der Waals surface area (Å²) in [5.74, 6) is 0. The quantitative estimate of drug-likeness (QED) is 0.916. The molecule has 0 spiro atoms. The van der Waals surface area contributed by atoms with Gasteiger partial charge in [-0.1, -0.05) is 36.9 Å². The topological polar surface area (TPSA) is 47.3 Å². The summed E-state index contributed by atoms with van der Waals surface area (Å²) in [4.78, 5) is 1.89. The first-order chi connectivity index (χ1) is 10.3. The minimum absolute atomic E-state index is 0.587. The van der Waals surface area contributed by atoms with E-state index in [0.29, 0.717) is 11.3 Å². The Balaban J connectivity index is 2.49. The Morgan fingerprint density at radius 3 is 2.50 bits per heavy atom. The van der Waals surface area contributed by atoms with Crippen molar-refractivity contribution in [3.8, 4) is 6.07 Å². The van der Waals surface area contributed by atoms with Crippen LogP contribution < -0.4 is 0 Å². The summed E-state index contributed by atoms with van der Waals surface area (Å²) in [6.45, 7) is 9.36. The van der Waals surface area contributed by atoms with Gasteiger partial charge in [0.1, 0.15) is 0 Å². The van der Waals surface area contributed by atoms with E-state index in [2.05, 4.69) is 12.6 Å². The molecule has 0 fully saturated rings. The monoisotopic (exact) mass is 292 g/mol. The van der Waals surface area contributed by atoms with Crippen molar-refractivity contribution >= 4 is 5.57 Å². The molecule has 0 atom stereocenters. The van der Waals surface area contributed by atoms with Crippen molar-refractivity contribution in [3.63, 3.8) is 0 Å². The number of allylic oxidation sites excluding steroid dienone is 4. The summed E-state index contributed by atoms with van der Waals surface area (Å²) in [5.41, 5.74) is 3.06. The molecule has 0 amide bonds. The first kappa shape index (κ1) is 15.8. The third-order valence-electron chi connectivity index (χ3n) is 3.32. The number of benzene rings is 1. The molecule has 112 valence electrons. The molecule has 0 aliphatic carbocycles. The summed E-state index contributed by atoms with van der Waals surface area (Å²) in [6.07, 6.45) is 5.43. The minimum atomic E-state index is -0.912. The van der Waals surface area contributed by atoms with E-state index >= 15 is 0 Å². The van der Waals surface area contributed by atoms with Crippen molar-refractivity contribution in [2.75, 3.05) is 0 Å². The predicted molar refractivity (Wildman–Crippen MR) is 89.1 cm³/mol. The molecule has 3 nitrogen and oxygen atoms in total. The van der Waals surface area contributed by atoms with E-state index in [1.54, 1.807) is 26.0 Å². The molecule has 1 heterocycles. The van der Waals surface area contributed by atoms with Crippen LogP contribution in [0.5, 0.6) is 0 Å². The second-order valence-corrected chi connectivity index (χ2v) is 5.88. The SMILES string of the molecule is C=C1C=C(C#N)C(c2ccccc2)=CN1/C(C)=C\C(C)(C)O. The maximum Gasteiger partial charge on any atom is 0.0999 e. The molecule has 1 aliphatic heterocycles. The molecular weight excluding hydrogens is 272 g/mol. The van der Waals surface area contributed by atoms with Gasteiger partial charge in [0.25, 0.3) is 0 Å². The highest BCUT2D eigenvalue weighted by molar-refractivity contribution is 5.84. The van der Waals surface area contributed by atoms with Crippen LogP contribution in [0.2, 0.25) is 0 Å². The summed E-state index contributed by atoms with van der Waals surface area (Å²) in [6, 6.07) is 12.0. The molecule has 0 bridgehead atoms. The maximum absolute atomic E-state index is 9.96. The van der Waals surface area contributed by atoms with Crippen LogP contribution in [0.15, 0.2) is 72.2 Å². The van der Waals surface area contributed by atoms with Crippen molar-refractivity contribution in [1.82, 2.24) is 4.90 Å². The molecule has 0 radical (unpaired) electrons. The summed E-state index contributed by atoms with van der Waals surface area (Å²) < 4.78 is 0. The van der Waals surface area contributed by atoms with Gasteiger partial charge in [0.15, 0.2) is 0 Å². The van der Waals surface area contributed by atoms with Gasteiger partial charge in [0.05, 0.1) is 17.2 Å². The Kier molecular flexibility index (Phi) is 4.35. The molecule has 0 aromatic heterocycles. The number of hydrogen-bond acceptors (Lipinski definition) is 3. The van der Waals surface area contributed by atoms with Crippen LogP contribution in [0, 0.1) is 11.3 Å². The lowest BCUT2D eigenvalue weighted by atomic mass is 9.96. The van der Waals surface area contributed by atoms with Crippen molar-refractivity contribution in [2.45, 2.75) is 26.4 Å². The van der Waals surface area contributed by atoms with Gasteiger partial charge in [0.2, 0.25) is 0 Å². The van der Waals surface area contributed by atoms with Crippen molar-refractivity contribution < 1.29 is 5.11 Å². The highest BCUT2D eigenvalue weighted by atomic mass is 16.3. The van der Waals surface area contributed by atoms with E-state index in [0.717, 1.165) is 16.8 Å². The highest BCUT2D eigenvalue weighted by Gasteiger charge is 2.20. The normalized spacial score (nSPS) is 16.0. The van der Waals surface area contributed by atoms with E-state index in [1.807, 2.05) is 48.4 Å². The van der Waals surface area contributed by atoms with E-state index < -0.39 is 5.60 Å². The summed E-state index contributed by atoms with van der Waals surface area (Å²) in [5, 5.41) is 19.3. The van der Waals surface area contributed by atoms with Crippen molar-refractivity contribution in [3.05, 3.63) is 77.8 Å². The number of rotatable bonds is 3. The second-order valence-electron chi connectivity index (χ2n) is 5.88. The van der Waals surface area contributed by atoms with Crippen LogP contribution in [0.4, 0.5) is 0 Å². The zero-order chi connectivity index (χ0) is 16.3. The van der Waals surface area contributed by atoms with Crippen LogP contribution in [0.3, 0.4) is 0 Å². The maximum atomic E-state index is 9.96. The average molecular weight is 292 g/mol. The molecule has 3 heteroatoms. The Bertz CT molecular complexity index is 710. The van der Waals surface area contributed by atoms with Gasteiger partial charge in [-0.2, -0.15) is 5.26 Å². The molecule has 1 N–H and O–H groups in total. The minimum Gasteiger partial charge on any atom is -0.386 e. The summed E-state index contributed by atoms with van der Waals surface area (Å²) >= 11 is 0. The largest absolute Gasteiger partial charge is 0.386 e. The van der Waals surface area contributed by atoms with Crippen LogP contribution in [0.25, 0.3) is 5.57 Å². The highest BCUT2D eigenvalue weighted by Crippen LogP contribution is 2.32. The molecule has 1 aromatic carbocycles. The lowest BCUT2D eigenvalue weighted by Crippen LogP contribution is -2.22. The molecule has 1 aliphatic rings. The fraction of sp³-hybridized carbons (Fsp3) is 0.211. The van der Waals surface area contributed by atoms with E-state index in [4.69, 9.17) is 0 Å². The third-order valence-corrected chi connectivity index (χ3v) is 3.32. The van der Waals surface area contributed by atoms with Gasteiger partial charge in [-0.15, -0.1) is 0 Å². The number of hydrogen-bond donors (Lipinski definition) is 1. The van der Waals surface area contributed by atoms with Crippen molar-refractivity contribution in [1.29, 1.82) is 5.26 Å². The van der Waals surface area contributed by atoms with Crippen molar-refractivity contribution in [2.24, 2.45) is 0 Å². The predicted octanol–water partition coefficient (Wildman–Crippen LogP) is 3.98. The number of aliphatic hydroxyl groups is 1. The van der Waals surface area contributed by atoms with Crippen LogP contribution in [0.1, 0.15) is 26.3 Å². The Labute approximate surface area is 131 Å². The zero-order valence-electron chi connectivity index (χ0n) is 13.2. The summed E-state index contributed by atoms with van der Waals surface area (Å²) in [7, 11) is 0. The fourth-order valence-electron chi connectivity index (χ4n) is 2.44. The van der Waals surface area contributed by atoms with Crippen LogP contribution in [-0.4, -0.2) is 15.6 Å². The molecule has 1 aromatic rings. The lowest BCUT2D eigenvalue weighted by Gasteiger charge is -2.29. The molecule has 2 rings (SSSR count). The zero-order valence-corrected chi connectivity index (χ0v) is 13.2. The molecule has 22 heavy (non-hydrogen) atoms. The van der Waals surface area contributed by atoms with Gasteiger partial charge in [-0.3, -0.25) is 0 Å². The number of nitrogens with zero attached hydrogens (tertiary/aromatic N) is 2. The fourth-order valence-corrected chi connectivity index (χ4v) is 2.44. The Morgan fingerprint density at radius 2 is 1.95 bits per heavy atom. The van der Waals surface area contributed by atoms with Crippen LogP contribution >= 0.6 is 0 Å².